The van der Waals surface area contributed by atoms with Crippen LogP contribution in [-0.4, -0.2) is 38.4 Å². The number of benzene rings is 1. The highest BCUT2D eigenvalue weighted by atomic mass is 32.2. The normalized spacial score (nSPS) is 10.6. The second-order valence-electron chi connectivity index (χ2n) is 4.22. The van der Waals surface area contributed by atoms with Gasteiger partial charge in [-0.3, -0.25) is 0 Å². The average Bonchev–Trinajstić information content (AvgIpc) is 2.44. The Morgan fingerprint density at radius 1 is 1.26 bits per heavy atom. The number of nitrogens with one attached hydrogen (secondary N) is 1. The molecule has 0 saturated heterocycles. The van der Waals surface area contributed by atoms with Crippen molar-refractivity contribution in [1.82, 2.24) is 5.32 Å². The van der Waals surface area contributed by atoms with Crippen molar-refractivity contribution in [3.63, 3.8) is 0 Å². The van der Waals surface area contributed by atoms with E-state index >= 15 is 0 Å². The maximum absolute atomic E-state index is 5.75. The minimum atomic E-state index is 0.741. The van der Waals surface area contributed by atoms with Crippen molar-refractivity contribution >= 4 is 11.8 Å². The van der Waals surface area contributed by atoms with E-state index in [1.165, 1.54) is 17.1 Å². The topological polar surface area (TPSA) is 30.5 Å². The van der Waals surface area contributed by atoms with Crippen molar-refractivity contribution in [2.45, 2.75) is 19.9 Å². The van der Waals surface area contributed by atoms with E-state index in [-0.39, 0.29) is 0 Å². The Morgan fingerprint density at radius 3 is 2.95 bits per heavy atom. The van der Waals surface area contributed by atoms with Gasteiger partial charge >= 0.3 is 0 Å². The van der Waals surface area contributed by atoms with E-state index in [4.69, 9.17) is 9.47 Å². The largest absolute Gasteiger partial charge is 0.494 e. The molecule has 0 saturated carbocycles. The Hall–Kier alpha value is -0.710. The third-order valence-electron chi connectivity index (χ3n) is 2.62. The van der Waals surface area contributed by atoms with Gasteiger partial charge in [0.1, 0.15) is 5.75 Å². The van der Waals surface area contributed by atoms with Gasteiger partial charge in [0.25, 0.3) is 0 Å². The van der Waals surface area contributed by atoms with Gasteiger partial charge in [-0.25, -0.2) is 0 Å². The van der Waals surface area contributed by atoms with Crippen LogP contribution < -0.4 is 10.1 Å². The molecule has 0 aromatic heterocycles. The molecular weight excluding hydrogens is 258 g/mol. The average molecular weight is 283 g/mol. The highest BCUT2D eigenvalue weighted by Crippen LogP contribution is 2.14. The third kappa shape index (κ3) is 8.14. The van der Waals surface area contributed by atoms with Gasteiger partial charge in [-0.05, 0) is 35.6 Å². The fraction of sp³-hybridized carbons (Fsp3) is 0.600. The van der Waals surface area contributed by atoms with Gasteiger partial charge in [0.2, 0.25) is 0 Å². The van der Waals surface area contributed by atoms with Crippen LogP contribution in [0.1, 0.15) is 18.9 Å². The van der Waals surface area contributed by atoms with Gasteiger partial charge in [0.15, 0.2) is 0 Å². The van der Waals surface area contributed by atoms with E-state index in [0.717, 1.165) is 38.5 Å². The molecule has 0 unspecified atom stereocenters. The molecule has 4 heteroatoms. The summed E-state index contributed by atoms with van der Waals surface area (Å²) in [4.78, 5) is 0. The first-order chi connectivity index (χ1) is 9.36. The molecule has 0 spiro atoms. The van der Waals surface area contributed by atoms with E-state index in [2.05, 4.69) is 24.4 Å². The van der Waals surface area contributed by atoms with Gasteiger partial charge in [-0.15, -0.1) is 0 Å². The van der Waals surface area contributed by atoms with Crippen molar-refractivity contribution in [2.75, 3.05) is 38.4 Å². The fourth-order valence-electron chi connectivity index (χ4n) is 1.65. The summed E-state index contributed by atoms with van der Waals surface area (Å²) in [7, 11) is 1.72. The van der Waals surface area contributed by atoms with Crippen molar-refractivity contribution < 1.29 is 9.47 Å². The molecule has 0 aliphatic rings. The molecule has 0 radical (unpaired) electrons. The number of thioether (sulfide) groups is 1. The molecule has 3 nitrogen and oxygen atoms in total. The van der Waals surface area contributed by atoms with Crippen LogP contribution in [0.3, 0.4) is 0 Å². The minimum absolute atomic E-state index is 0.741. The molecule has 108 valence electrons. The third-order valence-corrected chi connectivity index (χ3v) is 3.60. The second-order valence-corrected chi connectivity index (χ2v) is 5.61. The fourth-order valence-corrected chi connectivity index (χ4v) is 2.26. The molecule has 0 aliphatic heterocycles. The lowest BCUT2D eigenvalue weighted by Gasteiger charge is -2.08. The van der Waals surface area contributed by atoms with E-state index in [1.807, 2.05) is 23.9 Å². The summed E-state index contributed by atoms with van der Waals surface area (Å²) in [6.07, 6.45) is 1.11. The lowest BCUT2D eigenvalue weighted by molar-refractivity contribution is 0.199. The van der Waals surface area contributed by atoms with Crippen LogP contribution in [-0.2, 0) is 11.3 Å². The summed E-state index contributed by atoms with van der Waals surface area (Å²) in [6, 6.07) is 8.28. The van der Waals surface area contributed by atoms with Gasteiger partial charge < -0.3 is 14.8 Å². The molecule has 0 atom stereocenters. The van der Waals surface area contributed by atoms with Crippen molar-refractivity contribution in [3.05, 3.63) is 29.8 Å². The summed E-state index contributed by atoms with van der Waals surface area (Å²) in [6.45, 7) is 5.45. The Balaban J connectivity index is 2.23. The Kier molecular flexibility index (Phi) is 9.59. The number of methoxy groups -OCH3 is 1. The second kappa shape index (κ2) is 11.1. The molecule has 0 fully saturated rings. The van der Waals surface area contributed by atoms with Crippen LogP contribution in [0.15, 0.2) is 24.3 Å². The summed E-state index contributed by atoms with van der Waals surface area (Å²) in [5, 5.41) is 3.33. The molecule has 1 aromatic rings. The monoisotopic (exact) mass is 283 g/mol. The number of hydrogen-bond acceptors (Lipinski definition) is 4. The predicted octanol–water partition coefficient (Wildman–Crippen LogP) is 2.94. The number of hydrogen-bond donors (Lipinski definition) is 1. The van der Waals surface area contributed by atoms with E-state index in [9.17, 15) is 0 Å². The summed E-state index contributed by atoms with van der Waals surface area (Å²) < 4.78 is 10.8. The molecule has 0 bridgehead atoms. The van der Waals surface area contributed by atoms with E-state index in [0.29, 0.717) is 0 Å². The van der Waals surface area contributed by atoms with E-state index in [1.54, 1.807) is 7.11 Å². The zero-order valence-electron chi connectivity index (χ0n) is 12.0. The quantitative estimate of drug-likeness (QED) is 0.633. The van der Waals surface area contributed by atoms with Crippen molar-refractivity contribution in [1.29, 1.82) is 0 Å². The van der Waals surface area contributed by atoms with Crippen LogP contribution in [0.2, 0.25) is 0 Å². The summed E-state index contributed by atoms with van der Waals surface area (Å²) in [5.41, 5.74) is 1.25. The smallest absolute Gasteiger partial charge is 0.119 e. The van der Waals surface area contributed by atoms with Gasteiger partial charge in [-0.1, -0.05) is 19.1 Å². The first-order valence-corrected chi connectivity index (χ1v) is 8.01. The Bertz CT molecular complexity index is 334. The lowest BCUT2D eigenvalue weighted by Crippen LogP contribution is -2.18. The van der Waals surface area contributed by atoms with E-state index < -0.39 is 0 Å². The molecule has 0 heterocycles. The van der Waals surface area contributed by atoms with Gasteiger partial charge in [-0.2, -0.15) is 11.8 Å². The number of rotatable bonds is 11. The lowest BCUT2D eigenvalue weighted by atomic mass is 10.2. The first-order valence-electron chi connectivity index (χ1n) is 6.86. The molecular formula is C15H25NO2S. The van der Waals surface area contributed by atoms with Crippen LogP contribution in [0, 0.1) is 0 Å². The van der Waals surface area contributed by atoms with Gasteiger partial charge in [0.05, 0.1) is 13.2 Å². The highest BCUT2D eigenvalue weighted by molar-refractivity contribution is 7.99. The Labute approximate surface area is 121 Å². The summed E-state index contributed by atoms with van der Waals surface area (Å²) >= 11 is 1.96. The van der Waals surface area contributed by atoms with Crippen molar-refractivity contribution in [3.8, 4) is 5.75 Å². The molecule has 1 rings (SSSR count). The maximum Gasteiger partial charge on any atom is 0.119 e. The standard InChI is InChI=1S/C15H25NO2S/c1-3-19-11-5-9-18-15-7-4-6-14(12-15)13-16-8-10-17-2/h4,6-7,12,16H,3,5,8-11,13H2,1-2H3. The highest BCUT2D eigenvalue weighted by Gasteiger charge is 1.97. The molecule has 1 aromatic carbocycles. The van der Waals surface area contributed by atoms with Crippen LogP contribution in [0.5, 0.6) is 5.75 Å². The van der Waals surface area contributed by atoms with Crippen LogP contribution in [0.4, 0.5) is 0 Å². The molecule has 0 aliphatic carbocycles. The van der Waals surface area contributed by atoms with Crippen molar-refractivity contribution in [2.24, 2.45) is 0 Å². The molecule has 1 N–H and O–H groups in total. The zero-order valence-corrected chi connectivity index (χ0v) is 12.8. The summed E-state index contributed by atoms with van der Waals surface area (Å²) in [5.74, 6) is 3.32. The predicted molar refractivity (Wildman–Crippen MR) is 83.1 cm³/mol. The first kappa shape index (κ1) is 16.3. The van der Waals surface area contributed by atoms with Crippen LogP contribution in [0.25, 0.3) is 0 Å². The zero-order chi connectivity index (χ0) is 13.8. The minimum Gasteiger partial charge on any atom is -0.494 e. The molecule has 0 amide bonds. The molecule has 19 heavy (non-hydrogen) atoms. The number of ether oxygens (including phenoxy) is 2. The maximum atomic E-state index is 5.75. The van der Waals surface area contributed by atoms with Gasteiger partial charge in [0, 0.05) is 20.2 Å². The van der Waals surface area contributed by atoms with Crippen LogP contribution >= 0.6 is 11.8 Å². The SMILES string of the molecule is CCSCCCOc1cccc(CNCCOC)c1. The Morgan fingerprint density at radius 2 is 2.16 bits per heavy atom.